The Bertz CT molecular complexity index is 1450. The molecule has 1 aliphatic heterocycles. The zero-order valence-corrected chi connectivity index (χ0v) is 22.8. The van der Waals surface area contributed by atoms with Crippen LogP contribution in [0.1, 0.15) is 27.0 Å². The predicted molar refractivity (Wildman–Crippen MR) is 150 cm³/mol. The second-order valence-electron chi connectivity index (χ2n) is 9.28. The summed E-state index contributed by atoms with van der Waals surface area (Å²) in [7, 11) is 4.59. The fraction of sp³-hybridized carbons (Fsp3) is 0.233. The lowest BCUT2D eigenvalue weighted by Gasteiger charge is -2.22. The summed E-state index contributed by atoms with van der Waals surface area (Å²) < 4.78 is 29.7. The van der Waals surface area contributed by atoms with E-state index < -0.39 is 0 Å². The zero-order chi connectivity index (χ0) is 28.8. The molecule has 0 unspecified atom stereocenters. The van der Waals surface area contributed by atoms with Gasteiger partial charge in [0.25, 0.3) is 5.91 Å². The zero-order valence-electron chi connectivity index (χ0n) is 22.8. The van der Waals surface area contributed by atoms with E-state index in [0.717, 1.165) is 11.9 Å². The molecule has 1 heterocycles. The number of carbonyl (C=O) groups excluding carboxylic acids is 2. The highest BCUT2D eigenvalue weighted by Crippen LogP contribution is 2.37. The Morgan fingerprint density at radius 3 is 2.30 bits per heavy atom. The summed E-state index contributed by atoms with van der Waals surface area (Å²) >= 11 is 0. The standard InChI is InChI=1S/C30H31FN4O5/c1-19-9-22(31)5-6-25(19)26-12-21(15-34(18-32)7-8-38-2)13-27-29(26)33-28(36)17-35(30(27)37)16-20-10-23(39-3)14-24(11-20)40-4/h5-14,18,32H,15-17H2,1-4H3,(H,33,36)/b8-7-,32-18?. The molecular formula is C30H31FN4O5. The number of hydrogen-bond acceptors (Lipinski definition) is 6. The van der Waals surface area contributed by atoms with Gasteiger partial charge in [-0.1, -0.05) is 6.07 Å². The van der Waals surface area contributed by atoms with Gasteiger partial charge in [-0.2, -0.15) is 0 Å². The molecule has 3 aromatic rings. The molecule has 0 bridgehead atoms. The lowest BCUT2D eigenvalue weighted by atomic mass is 9.93. The van der Waals surface area contributed by atoms with E-state index in [-0.39, 0.29) is 42.8 Å². The molecule has 0 spiro atoms. The third kappa shape index (κ3) is 6.23. The molecule has 0 saturated heterocycles. The van der Waals surface area contributed by atoms with E-state index in [9.17, 15) is 14.0 Å². The van der Waals surface area contributed by atoms with Crippen LogP contribution in [0.4, 0.5) is 10.1 Å². The number of aryl methyl sites for hydroxylation is 1. The Labute approximate surface area is 232 Å². The van der Waals surface area contributed by atoms with Crippen molar-refractivity contribution in [2.75, 3.05) is 33.2 Å². The number of methoxy groups -OCH3 is 3. The lowest BCUT2D eigenvalue weighted by Crippen LogP contribution is -2.34. The fourth-order valence-corrected chi connectivity index (χ4v) is 4.63. The molecule has 0 aromatic heterocycles. The van der Waals surface area contributed by atoms with Gasteiger partial charge in [0.05, 0.1) is 45.2 Å². The molecule has 10 heteroatoms. The average molecular weight is 547 g/mol. The van der Waals surface area contributed by atoms with Gasteiger partial charge in [-0.05, 0) is 65.6 Å². The van der Waals surface area contributed by atoms with Crippen molar-refractivity contribution in [1.82, 2.24) is 9.80 Å². The maximum atomic E-state index is 14.0. The highest BCUT2D eigenvalue weighted by molar-refractivity contribution is 6.12. The van der Waals surface area contributed by atoms with Gasteiger partial charge in [-0.25, -0.2) is 4.39 Å². The maximum absolute atomic E-state index is 14.0. The van der Waals surface area contributed by atoms with Gasteiger partial charge in [-0.3, -0.25) is 15.0 Å². The van der Waals surface area contributed by atoms with E-state index >= 15 is 0 Å². The maximum Gasteiger partial charge on any atom is 0.256 e. The summed E-state index contributed by atoms with van der Waals surface area (Å²) in [5.74, 6) is 0.0252. The van der Waals surface area contributed by atoms with Gasteiger partial charge in [0.2, 0.25) is 5.91 Å². The number of nitrogens with zero attached hydrogens (tertiary/aromatic N) is 2. The van der Waals surface area contributed by atoms with Gasteiger partial charge >= 0.3 is 0 Å². The van der Waals surface area contributed by atoms with Gasteiger partial charge in [0.1, 0.15) is 23.9 Å². The first-order chi connectivity index (χ1) is 19.3. The van der Waals surface area contributed by atoms with Crippen LogP contribution in [0.5, 0.6) is 11.5 Å². The van der Waals surface area contributed by atoms with Crippen molar-refractivity contribution < 1.29 is 28.2 Å². The minimum Gasteiger partial charge on any atom is -0.503 e. The monoisotopic (exact) mass is 546 g/mol. The number of carbonyl (C=O) groups is 2. The van der Waals surface area contributed by atoms with Crippen molar-refractivity contribution in [3.05, 3.63) is 89.1 Å². The van der Waals surface area contributed by atoms with Crippen molar-refractivity contribution in [2.24, 2.45) is 0 Å². The normalized spacial score (nSPS) is 13.0. The quantitative estimate of drug-likeness (QED) is 0.212. The van der Waals surface area contributed by atoms with Crippen LogP contribution in [0.15, 0.2) is 61.0 Å². The molecule has 0 aliphatic carbocycles. The summed E-state index contributed by atoms with van der Waals surface area (Å²) in [6.07, 6.45) is 4.17. The molecule has 0 fully saturated rings. The van der Waals surface area contributed by atoms with Crippen LogP contribution in [0.25, 0.3) is 11.1 Å². The Kier molecular flexibility index (Phi) is 8.68. The first kappa shape index (κ1) is 28.2. The number of amides is 2. The Balaban J connectivity index is 1.83. The minimum atomic E-state index is -0.386. The van der Waals surface area contributed by atoms with Crippen LogP contribution < -0.4 is 14.8 Å². The molecule has 1 aliphatic rings. The van der Waals surface area contributed by atoms with Gasteiger partial charge < -0.3 is 29.3 Å². The molecule has 0 radical (unpaired) electrons. The van der Waals surface area contributed by atoms with Gasteiger partial charge in [0, 0.05) is 30.9 Å². The first-order valence-corrected chi connectivity index (χ1v) is 12.5. The Hall–Kier alpha value is -4.86. The molecule has 2 N–H and O–H groups in total. The molecular weight excluding hydrogens is 515 g/mol. The molecule has 4 rings (SSSR count). The van der Waals surface area contributed by atoms with E-state index in [1.807, 2.05) is 6.07 Å². The first-order valence-electron chi connectivity index (χ1n) is 12.5. The molecule has 208 valence electrons. The largest absolute Gasteiger partial charge is 0.503 e. The van der Waals surface area contributed by atoms with Crippen LogP contribution in [0.3, 0.4) is 0 Å². The van der Waals surface area contributed by atoms with Crippen molar-refractivity contribution >= 4 is 23.8 Å². The second-order valence-corrected chi connectivity index (χ2v) is 9.28. The van der Waals surface area contributed by atoms with Gasteiger partial charge in [-0.15, -0.1) is 0 Å². The fourth-order valence-electron chi connectivity index (χ4n) is 4.63. The SMILES string of the molecule is CO/C=C\N(C=N)Cc1cc2c(c(-c3ccc(F)cc3C)c1)NC(=O)CN(Cc1cc(OC)cc(OC)c1)C2=O. The van der Waals surface area contributed by atoms with E-state index in [2.05, 4.69) is 5.32 Å². The third-order valence-corrected chi connectivity index (χ3v) is 6.50. The van der Waals surface area contributed by atoms with Crippen molar-refractivity contribution in [2.45, 2.75) is 20.0 Å². The van der Waals surface area contributed by atoms with Crippen LogP contribution in [-0.2, 0) is 22.6 Å². The highest BCUT2D eigenvalue weighted by atomic mass is 19.1. The average Bonchev–Trinajstić information content (AvgIpc) is 3.05. The number of hydrogen-bond donors (Lipinski definition) is 2. The van der Waals surface area contributed by atoms with Crippen LogP contribution in [0.2, 0.25) is 0 Å². The van der Waals surface area contributed by atoms with E-state index in [1.165, 1.54) is 30.4 Å². The van der Waals surface area contributed by atoms with Crippen LogP contribution in [0, 0.1) is 18.2 Å². The summed E-state index contributed by atoms with van der Waals surface area (Å²) in [6, 6.07) is 13.2. The van der Waals surface area contributed by atoms with Crippen LogP contribution >= 0.6 is 0 Å². The number of benzene rings is 3. The molecule has 0 saturated carbocycles. The molecule has 2 amide bonds. The molecule has 3 aromatic carbocycles. The van der Waals surface area contributed by atoms with Crippen molar-refractivity contribution in [1.29, 1.82) is 5.41 Å². The topological polar surface area (TPSA) is 104 Å². The van der Waals surface area contributed by atoms with Crippen molar-refractivity contribution in [3.63, 3.8) is 0 Å². The van der Waals surface area contributed by atoms with Crippen molar-refractivity contribution in [3.8, 4) is 22.6 Å². The van der Waals surface area contributed by atoms with E-state index in [0.29, 0.717) is 39.4 Å². The number of fused-ring (bicyclic) bond motifs is 1. The Morgan fingerprint density at radius 1 is 0.975 bits per heavy atom. The predicted octanol–water partition coefficient (Wildman–Crippen LogP) is 4.94. The summed E-state index contributed by atoms with van der Waals surface area (Å²) in [5, 5.41) is 10.7. The highest BCUT2D eigenvalue weighted by Gasteiger charge is 2.30. The summed E-state index contributed by atoms with van der Waals surface area (Å²) in [5.41, 5.74) is 3.98. The number of anilines is 1. The third-order valence-electron chi connectivity index (χ3n) is 6.50. The summed E-state index contributed by atoms with van der Waals surface area (Å²) in [4.78, 5) is 30.2. The number of ether oxygens (including phenoxy) is 3. The minimum absolute atomic E-state index is 0.136. The van der Waals surface area contributed by atoms with E-state index in [1.54, 1.807) is 62.6 Å². The number of halogens is 1. The Morgan fingerprint density at radius 2 is 1.68 bits per heavy atom. The van der Waals surface area contributed by atoms with Gasteiger partial charge in [0.15, 0.2) is 0 Å². The second kappa shape index (κ2) is 12.3. The van der Waals surface area contributed by atoms with Crippen LogP contribution in [-0.4, -0.2) is 55.8 Å². The lowest BCUT2D eigenvalue weighted by molar-refractivity contribution is -0.116. The summed E-state index contributed by atoms with van der Waals surface area (Å²) in [6.45, 7) is 1.98. The number of nitrogens with one attached hydrogen (secondary N) is 2. The molecule has 0 atom stereocenters. The molecule has 9 nitrogen and oxygen atoms in total. The molecule has 40 heavy (non-hydrogen) atoms. The van der Waals surface area contributed by atoms with E-state index in [4.69, 9.17) is 19.6 Å². The number of rotatable bonds is 10. The smallest absolute Gasteiger partial charge is 0.256 e.